The van der Waals surface area contributed by atoms with E-state index in [0.717, 1.165) is 0 Å². The van der Waals surface area contributed by atoms with Crippen molar-refractivity contribution >= 4 is 24.4 Å². The Kier molecular flexibility index (Phi) is 30.1. The van der Waals surface area contributed by atoms with E-state index in [2.05, 4.69) is 66.0 Å². The van der Waals surface area contributed by atoms with Gasteiger partial charge in [0.25, 0.3) is 0 Å². The van der Waals surface area contributed by atoms with E-state index in [-0.39, 0.29) is 18.5 Å². The Morgan fingerprint density at radius 1 is 0.909 bits per heavy atom. The molecular weight excluding hydrogens is 347 g/mol. The van der Waals surface area contributed by atoms with Crippen molar-refractivity contribution in [3.05, 3.63) is 13.8 Å². The van der Waals surface area contributed by atoms with Crippen LogP contribution in [0.3, 0.4) is 0 Å². The van der Waals surface area contributed by atoms with Crippen LogP contribution in [0.1, 0.15) is 27.7 Å². The van der Waals surface area contributed by atoms with Gasteiger partial charge in [-0.15, -0.1) is 0 Å². The van der Waals surface area contributed by atoms with Gasteiger partial charge in [0.05, 0.1) is 0 Å². The molecule has 0 radical (unpaired) electrons. The monoisotopic (exact) mass is 362 g/mol. The van der Waals surface area contributed by atoms with Crippen LogP contribution in [0, 0.1) is 25.7 Å². The van der Waals surface area contributed by atoms with Crippen LogP contribution in [0.4, 0.5) is 0 Å². The van der Waals surface area contributed by atoms with Crippen molar-refractivity contribution in [3.8, 4) is 0 Å². The minimum absolute atomic E-state index is 0.145. The van der Waals surface area contributed by atoms with Crippen molar-refractivity contribution in [2.75, 3.05) is 0 Å². The Balaban J connectivity index is -0.0000000886. The number of hydrogen-bond acceptors (Lipinski definition) is 0. The molecule has 0 saturated carbocycles. The summed E-state index contributed by atoms with van der Waals surface area (Å²) in [7, 11) is 0. The molecule has 0 aliphatic heterocycles. The second kappa shape index (κ2) is 17.8. The van der Waals surface area contributed by atoms with Crippen molar-refractivity contribution in [1.82, 2.24) is 0 Å². The zero-order chi connectivity index (χ0) is 9.86. The average molecular weight is 365 g/mol. The molecule has 0 unspecified atom stereocenters. The van der Waals surface area contributed by atoms with E-state index in [4.69, 9.17) is 0 Å². The van der Waals surface area contributed by atoms with E-state index < -0.39 is 0 Å². The van der Waals surface area contributed by atoms with Gasteiger partial charge in [-0.2, -0.15) is 11.8 Å². The molecular formula is C8H18Br2Zr. The van der Waals surface area contributed by atoms with Crippen LogP contribution in [0.5, 0.6) is 0 Å². The summed E-state index contributed by atoms with van der Waals surface area (Å²) >= 11 is 6.32. The maximum Gasteiger partial charge on any atom is -0.0903 e. The van der Waals surface area contributed by atoms with E-state index in [1.54, 1.807) is 0 Å². The van der Waals surface area contributed by atoms with Crippen molar-refractivity contribution in [2.45, 2.75) is 27.7 Å². The van der Waals surface area contributed by atoms with Gasteiger partial charge < -0.3 is 13.8 Å². The van der Waals surface area contributed by atoms with Gasteiger partial charge in [0.2, 0.25) is 0 Å². The van der Waals surface area contributed by atoms with Crippen molar-refractivity contribution in [3.63, 3.8) is 0 Å². The maximum atomic E-state index is 3.64. The molecule has 0 aromatic heterocycles. The molecule has 68 valence electrons. The molecule has 0 saturated heterocycles. The Labute approximate surface area is 95.4 Å². The van der Waals surface area contributed by atoms with E-state index >= 15 is 0 Å². The summed E-state index contributed by atoms with van der Waals surface area (Å²) in [5.41, 5.74) is 0. The molecule has 0 aromatic rings. The van der Waals surface area contributed by atoms with Gasteiger partial charge in [-0.1, -0.05) is 27.7 Å². The van der Waals surface area contributed by atoms with Crippen LogP contribution >= 0.6 is 24.4 Å². The average Bonchev–Trinajstić information content (AvgIpc) is 1.60. The molecule has 0 fully saturated rings. The quantitative estimate of drug-likeness (QED) is 0.549. The molecule has 0 amide bonds. The van der Waals surface area contributed by atoms with Crippen LogP contribution in [-0.4, -0.2) is 0 Å². The second-order valence-corrected chi connectivity index (χ2v) is 14.2. The summed E-state index contributed by atoms with van der Waals surface area (Å²) < 4.78 is 0. The predicted octanol–water partition coefficient (Wildman–Crippen LogP) is 4.64. The molecule has 0 N–H and O–H groups in total. The first kappa shape index (κ1) is 18.6. The Morgan fingerprint density at radius 2 is 0.909 bits per heavy atom. The van der Waals surface area contributed by atoms with E-state index in [1.807, 2.05) is 0 Å². The fourth-order valence-corrected chi connectivity index (χ4v) is 0. The molecule has 0 aliphatic rings. The molecule has 0 heterocycles. The summed E-state index contributed by atoms with van der Waals surface area (Å²) in [4.78, 5) is 0. The Bertz CT molecular complexity index is 35.8. The van der Waals surface area contributed by atoms with Gasteiger partial charge in [-0.05, 0) is 0 Å². The fraction of sp³-hybridized carbons (Fsp3) is 0.750. The van der Waals surface area contributed by atoms with Gasteiger partial charge >= 0.3 is 43.0 Å². The van der Waals surface area contributed by atoms with Crippen molar-refractivity contribution in [2.24, 2.45) is 11.8 Å². The van der Waals surface area contributed by atoms with Crippen molar-refractivity contribution < 1.29 is 18.5 Å². The van der Waals surface area contributed by atoms with Crippen LogP contribution in [0.25, 0.3) is 0 Å². The van der Waals surface area contributed by atoms with Gasteiger partial charge in [0.1, 0.15) is 0 Å². The third-order valence-corrected chi connectivity index (χ3v) is 0. The van der Waals surface area contributed by atoms with Crippen LogP contribution < -0.4 is 0 Å². The first-order valence-electron chi connectivity index (χ1n) is 3.50. The number of rotatable bonds is 0. The maximum absolute atomic E-state index is 3.64. The first-order chi connectivity index (χ1) is 4.88. The van der Waals surface area contributed by atoms with E-state index in [0.29, 0.717) is 11.8 Å². The second-order valence-electron chi connectivity index (χ2n) is 2.86. The third-order valence-electron chi connectivity index (χ3n) is 0. The summed E-state index contributed by atoms with van der Waals surface area (Å²) in [5, 5.41) is 0. The molecule has 0 aliphatic carbocycles. The van der Waals surface area contributed by atoms with Gasteiger partial charge in [-0.3, -0.25) is 0 Å². The molecule has 0 aromatic carbocycles. The smallest absolute Gasteiger partial charge is 0.0903 e. The summed E-state index contributed by atoms with van der Waals surface area (Å²) in [6.45, 7) is 15.5. The molecule has 0 atom stereocenters. The number of hydrogen-bond donors (Lipinski definition) is 0. The molecule has 0 bridgehead atoms. The fourth-order valence-electron chi connectivity index (χ4n) is 0. The topological polar surface area (TPSA) is 0 Å². The predicted molar refractivity (Wildman–Crippen MR) is 58.2 cm³/mol. The van der Waals surface area contributed by atoms with Gasteiger partial charge in [-0.25, -0.2) is 0 Å². The molecule has 0 nitrogen and oxygen atoms in total. The summed E-state index contributed by atoms with van der Waals surface area (Å²) in [5.74, 6) is 1.17. The van der Waals surface area contributed by atoms with Gasteiger partial charge in [0, 0.05) is 0 Å². The molecule has 3 heteroatoms. The van der Waals surface area contributed by atoms with E-state index in [1.165, 1.54) is 0 Å². The first-order valence-corrected chi connectivity index (χ1v) is 14.7. The number of halogens is 2. The third kappa shape index (κ3) is 338. The Hall–Kier alpha value is 1.84. The molecule has 0 rings (SSSR count). The molecule has 0 spiro atoms. The largest absolute Gasteiger partial charge is 0.341 e. The summed E-state index contributed by atoms with van der Waals surface area (Å²) in [6, 6.07) is 0. The Morgan fingerprint density at radius 3 is 0.909 bits per heavy atom. The zero-order valence-corrected chi connectivity index (χ0v) is 13.5. The van der Waals surface area contributed by atoms with Crippen LogP contribution in [0.15, 0.2) is 0 Å². The standard InChI is InChI=1S/2C4H9.2BrH.Zr/c2*1-4(2)3;;;/h2*4H,1H2,2-3H3;2*1H;/q2*-1;;;+4/p-2. The molecule has 11 heavy (non-hydrogen) atoms. The minimum atomic E-state index is -0.145. The van der Waals surface area contributed by atoms with Crippen LogP contribution in [-0.2, 0) is 18.5 Å². The SMILES string of the molecule is [Br][Zr+2][Br].[CH2-]C(C)C.[CH2-]C(C)C. The van der Waals surface area contributed by atoms with E-state index in [9.17, 15) is 0 Å². The van der Waals surface area contributed by atoms with Crippen molar-refractivity contribution in [1.29, 1.82) is 0 Å². The summed E-state index contributed by atoms with van der Waals surface area (Å²) in [6.07, 6.45) is 0. The zero-order valence-electron chi connectivity index (χ0n) is 7.82. The normalized spacial score (nSPS) is 7.45. The van der Waals surface area contributed by atoms with Crippen LogP contribution in [0.2, 0.25) is 0 Å². The van der Waals surface area contributed by atoms with Gasteiger partial charge in [0.15, 0.2) is 0 Å². The minimum Gasteiger partial charge on any atom is -0.341 e.